The Hall–Kier alpha value is -1.12. The van der Waals surface area contributed by atoms with Crippen molar-refractivity contribution in [3.8, 4) is 0 Å². The third-order valence-corrected chi connectivity index (χ3v) is 4.42. The van der Waals surface area contributed by atoms with Crippen LogP contribution in [0, 0.1) is 6.92 Å². The smallest absolute Gasteiger partial charge is 0.0574 e. The van der Waals surface area contributed by atoms with Crippen molar-refractivity contribution in [3.05, 3.63) is 69.2 Å². The highest BCUT2D eigenvalue weighted by atomic mass is 79.9. The Balaban J connectivity index is 2.34. The van der Waals surface area contributed by atoms with Gasteiger partial charge in [0.05, 0.1) is 6.04 Å². The molecule has 1 N–H and O–H groups in total. The van der Waals surface area contributed by atoms with E-state index < -0.39 is 0 Å². The Bertz CT molecular complexity index is 546. The zero-order valence-electron chi connectivity index (χ0n) is 11.7. The maximum absolute atomic E-state index is 3.56. The molecular formula is C17H20BrN. The van der Waals surface area contributed by atoms with Gasteiger partial charge in [0.15, 0.2) is 0 Å². The molecule has 19 heavy (non-hydrogen) atoms. The molecule has 2 aromatic carbocycles. The van der Waals surface area contributed by atoms with Gasteiger partial charge in [-0.25, -0.2) is 0 Å². The topological polar surface area (TPSA) is 12.0 Å². The first-order valence-corrected chi connectivity index (χ1v) is 7.47. The van der Waals surface area contributed by atoms with Gasteiger partial charge in [-0.1, -0.05) is 59.3 Å². The second kappa shape index (κ2) is 6.36. The zero-order valence-corrected chi connectivity index (χ0v) is 13.3. The van der Waals surface area contributed by atoms with Crippen LogP contribution in [0.5, 0.6) is 0 Å². The summed E-state index contributed by atoms with van der Waals surface area (Å²) in [5.74, 6) is 0. The van der Waals surface area contributed by atoms with Gasteiger partial charge in [0.2, 0.25) is 0 Å². The van der Waals surface area contributed by atoms with Gasteiger partial charge in [-0.3, -0.25) is 0 Å². The van der Waals surface area contributed by atoms with Crippen LogP contribution in [0.3, 0.4) is 0 Å². The molecule has 0 aromatic heterocycles. The van der Waals surface area contributed by atoms with Gasteiger partial charge in [-0.15, -0.1) is 0 Å². The largest absolute Gasteiger partial charge is 0.309 e. The number of aryl methyl sites for hydroxylation is 2. The van der Waals surface area contributed by atoms with Crippen LogP contribution >= 0.6 is 15.9 Å². The van der Waals surface area contributed by atoms with Crippen LogP contribution < -0.4 is 5.32 Å². The lowest BCUT2D eigenvalue weighted by Gasteiger charge is -2.18. The van der Waals surface area contributed by atoms with Crippen molar-refractivity contribution in [1.29, 1.82) is 0 Å². The van der Waals surface area contributed by atoms with E-state index in [9.17, 15) is 0 Å². The van der Waals surface area contributed by atoms with Crippen LogP contribution in [0.15, 0.2) is 46.9 Å². The van der Waals surface area contributed by atoms with Crippen molar-refractivity contribution in [1.82, 2.24) is 5.32 Å². The fourth-order valence-electron chi connectivity index (χ4n) is 2.32. The normalized spacial score (nSPS) is 12.4. The Kier molecular flexibility index (Phi) is 4.78. The molecule has 0 aliphatic heterocycles. The second-order valence-electron chi connectivity index (χ2n) is 4.83. The average molecular weight is 318 g/mol. The molecule has 0 aliphatic rings. The van der Waals surface area contributed by atoms with Crippen molar-refractivity contribution in [3.63, 3.8) is 0 Å². The Morgan fingerprint density at radius 3 is 2.21 bits per heavy atom. The molecule has 0 fully saturated rings. The van der Waals surface area contributed by atoms with Gasteiger partial charge >= 0.3 is 0 Å². The summed E-state index contributed by atoms with van der Waals surface area (Å²) in [7, 11) is 2.01. The summed E-state index contributed by atoms with van der Waals surface area (Å²) in [6.45, 7) is 4.31. The SMILES string of the molecule is CCc1ccc(C(NC)c2ccc(Br)c(C)c2)cc1. The maximum Gasteiger partial charge on any atom is 0.0574 e. The molecule has 2 aromatic rings. The highest BCUT2D eigenvalue weighted by Crippen LogP contribution is 2.26. The summed E-state index contributed by atoms with van der Waals surface area (Å²) in [5, 5.41) is 3.40. The lowest BCUT2D eigenvalue weighted by molar-refractivity contribution is 0.690. The van der Waals surface area contributed by atoms with Crippen molar-refractivity contribution in [2.75, 3.05) is 7.05 Å². The van der Waals surface area contributed by atoms with Crippen molar-refractivity contribution in [2.24, 2.45) is 0 Å². The standard InChI is InChI=1S/C17H20BrN/c1-4-13-5-7-14(8-6-13)17(19-3)15-9-10-16(18)12(2)11-15/h5-11,17,19H,4H2,1-3H3. The van der Waals surface area contributed by atoms with Crippen molar-refractivity contribution >= 4 is 15.9 Å². The molecular weight excluding hydrogens is 298 g/mol. The predicted molar refractivity (Wildman–Crippen MR) is 85.6 cm³/mol. The summed E-state index contributed by atoms with van der Waals surface area (Å²) in [6.07, 6.45) is 1.09. The van der Waals surface area contributed by atoms with Gasteiger partial charge < -0.3 is 5.32 Å². The molecule has 1 atom stereocenters. The molecule has 1 unspecified atom stereocenters. The molecule has 2 rings (SSSR count). The van der Waals surface area contributed by atoms with Gasteiger partial charge in [-0.05, 0) is 48.7 Å². The number of halogens is 1. The average Bonchev–Trinajstić information content (AvgIpc) is 2.44. The van der Waals surface area contributed by atoms with E-state index in [1.165, 1.54) is 22.3 Å². The lowest BCUT2D eigenvalue weighted by Crippen LogP contribution is -2.17. The zero-order chi connectivity index (χ0) is 13.8. The molecule has 0 saturated carbocycles. The minimum Gasteiger partial charge on any atom is -0.309 e. The van der Waals surface area contributed by atoms with Gasteiger partial charge in [0.1, 0.15) is 0 Å². The second-order valence-corrected chi connectivity index (χ2v) is 5.68. The van der Waals surface area contributed by atoms with E-state index in [0.717, 1.165) is 10.9 Å². The molecule has 100 valence electrons. The van der Waals surface area contributed by atoms with Gasteiger partial charge in [0, 0.05) is 4.47 Å². The minimum absolute atomic E-state index is 0.248. The van der Waals surface area contributed by atoms with Gasteiger partial charge in [0.25, 0.3) is 0 Å². The summed E-state index contributed by atoms with van der Waals surface area (Å²) in [6, 6.07) is 15.6. The van der Waals surface area contributed by atoms with Crippen LogP contribution in [0.25, 0.3) is 0 Å². The number of hydrogen-bond donors (Lipinski definition) is 1. The number of hydrogen-bond acceptors (Lipinski definition) is 1. The van der Waals surface area contributed by atoms with Crippen LogP contribution in [0.4, 0.5) is 0 Å². The number of nitrogens with one attached hydrogen (secondary N) is 1. The molecule has 2 heteroatoms. The quantitative estimate of drug-likeness (QED) is 0.867. The van der Waals surface area contributed by atoms with E-state index in [4.69, 9.17) is 0 Å². The van der Waals surface area contributed by atoms with Crippen LogP contribution in [-0.4, -0.2) is 7.05 Å². The van der Waals surface area contributed by atoms with Crippen LogP contribution in [0.1, 0.15) is 35.2 Å². The molecule has 0 aliphatic carbocycles. The van der Waals surface area contributed by atoms with Crippen LogP contribution in [-0.2, 0) is 6.42 Å². The molecule has 0 amide bonds. The van der Waals surface area contributed by atoms with Crippen molar-refractivity contribution < 1.29 is 0 Å². The van der Waals surface area contributed by atoms with Crippen molar-refractivity contribution in [2.45, 2.75) is 26.3 Å². The fraction of sp³-hybridized carbons (Fsp3) is 0.294. The van der Waals surface area contributed by atoms with E-state index in [2.05, 4.69) is 77.6 Å². The summed E-state index contributed by atoms with van der Waals surface area (Å²) >= 11 is 3.56. The molecule has 0 bridgehead atoms. The first-order chi connectivity index (χ1) is 9.15. The van der Waals surface area contributed by atoms with Crippen LogP contribution in [0.2, 0.25) is 0 Å². The molecule has 0 radical (unpaired) electrons. The maximum atomic E-state index is 3.56. The molecule has 1 nitrogen and oxygen atoms in total. The fourth-order valence-corrected chi connectivity index (χ4v) is 2.57. The van der Waals surface area contributed by atoms with E-state index in [1.54, 1.807) is 0 Å². The third kappa shape index (κ3) is 3.26. The predicted octanol–water partition coefficient (Wildman–Crippen LogP) is 4.63. The van der Waals surface area contributed by atoms with E-state index in [0.29, 0.717) is 0 Å². The molecule has 0 saturated heterocycles. The monoisotopic (exact) mass is 317 g/mol. The highest BCUT2D eigenvalue weighted by Gasteiger charge is 2.12. The molecule has 0 heterocycles. The minimum atomic E-state index is 0.248. The molecule has 0 spiro atoms. The van der Waals surface area contributed by atoms with E-state index >= 15 is 0 Å². The number of rotatable bonds is 4. The third-order valence-electron chi connectivity index (χ3n) is 3.53. The highest BCUT2D eigenvalue weighted by molar-refractivity contribution is 9.10. The Labute approximate surface area is 124 Å². The Morgan fingerprint density at radius 1 is 1.05 bits per heavy atom. The Morgan fingerprint density at radius 2 is 1.68 bits per heavy atom. The first kappa shape index (κ1) is 14.3. The van der Waals surface area contributed by atoms with E-state index in [-0.39, 0.29) is 6.04 Å². The summed E-state index contributed by atoms with van der Waals surface area (Å²) < 4.78 is 1.16. The van der Waals surface area contributed by atoms with Gasteiger partial charge in [-0.2, -0.15) is 0 Å². The first-order valence-electron chi connectivity index (χ1n) is 6.68. The summed E-state index contributed by atoms with van der Waals surface area (Å²) in [5.41, 5.74) is 5.25. The summed E-state index contributed by atoms with van der Waals surface area (Å²) in [4.78, 5) is 0. The lowest BCUT2D eigenvalue weighted by atomic mass is 9.96. The number of benzene rings is 2. The van der Waals surface area contributed by atoms with E-state index in [1.807, 2.05) is 7.05 Å².